The number of amides is 1. The van der Waals surface area contributed by atoms with Gasteiger partial charge in [-0.05, 0) is 29.4 Å². The molecule has 6 heteroatoms. The van der Waals surface area contributed by atoms with E-state index in [0.717, 1.165) is 0 Å². The Hall–Kier alpha value is -2.37. The number of nitrogens with one attached hydrogen (secondary N) is 1. The first kappa shape index (κ1) is 13.1. The lowest BCUT2D eigenvalue weighted by atomic mass is 9.96. The maximum atomic E-state index is 11.8. The number of aromatic nitrogens is 2. The molecule has 1 aromatic heterocycles. The number of aromatic hydroxyl groups is 1. The third kappa shape index (κ3) is 3.09. The molecule has 2 N–H and O–H groups in total. The second kappa shape index (κ2) is 4.72. The Balaban J connectivity index is 2.16. The summed E-state index contributed by atoms with van der Waals surface area (Å²) in [6.07, 6.45) is 0. The van der Waals surface area contributed by atoms with E-state index in [9.17, 15) is 9.90 Å². The topological polar surface area (TPSA) is 88.2 Å². The number of nitrogens with zero attached hydrogens (tertiary/aromatic N) is 2. The largest absolute Gasteiger partial charge is 0.508 e. The van der Waals surface area contributed by atoms with Crippen LogP contribution in [0.15, 0.2) is 28.8 Å². The lowest BCUT2D eigenvalue weighted by molar-refractivity contribution is -0.123. The molecule has 2 rings (SSSR count). The first-order chi connectivity index (χ1) is 8.86. The Labute approximate surface area is 110 Å². The van der Waals surface area contributed by atoms with Gasteiger partial charge in [0, 0.05) is 11.0 Å². The second-order valence-corrected chi connectivity index (χ2v) is 5.17. The predicted octanol–water partition coefficient (Wildman–Crippen LogP) is 2.43. The molecule has 0 aliphatic carbocycles. The molecular formula is C13H15N3O3. The molecule has 0 fully saturated rings. The van der Waals surface area contributed by atoms with Crippen molar-refractivity contribution in [2.24, 2.45) is 5.41 Å². The van der Waals surface area contributed by atoms with Crippen LogP contribution in [0.1, 0.15) is 20.8 Å². The molecule has 0 spiro atoms. The van der Waals surface area contributed by atoms with Crippen LogP contribution in [0.25, 0.3) is 11.5 Å². The highest BCUT2D eigenvalue weighted by atomic mass is 16.5. The zero-order valence-corrected chi connectivity index (χ0v) is 11.0. The molecule has 1 aromatic carbocycles. The molecule has 0 aliphatic rings. The quantitative estimate of drug-likeness (QED) is 0.866. The molecule has 0 unspecified atom stereocenters. The van der Waals surface area contributed by atoms with Gasteiger partial charge in [0.25, 0.3) is 11.8 Å². The standard InChI is InChI=1S/C13H15N3O3/c1-13(2,3)11(18)15-12-14-10(19-16-12)8-4-6-9(17)7-5-8/h4-7,17H,1-3H3,(H,15,16,18). The molecule has 0 saturated heterocycles. The molecule has 0 saturated carbocycles. The van der Waals surface area contributed by atoms with Gasteiger partial charge >= 0.3 is 0 Å². The smallest absolute Gasteiger partial charge is 0.270 e. The highest BCUT2D eigenvalue weighted by molar-refractivity contribution is 5.93. The Morgan fingerprint density at radius 3 is 2.47 bits per heavy atom. The van der Waals surface area contributed by atoms with Gasteiger partial charge in [0.05, 0.1) is 0 Å². The maximum absolute atomic E-state index is 11.8. The first-order valence-electron chi connectivity index (χ1n) is 5.81. The third-order valence-corrected chi connectivity index (χ3v) is 2.45. The van der Waals surface area contributed by atoms with Crippen molar-refractivity contribution in [3.8, 4) is 17.2 Å². The van der Waals surface area contributed by atoms with Crippen LogP contribution in [-0.2, 0) is 4.79 Å². The summed E-state index contributed by atoms with van der Waals surface area (Å²) in [5.41, 5.74) is 0.140. The van der Waals surface area contributed by atoms with Crippen molar-refractivity contribution in [2.45, 2.75) is 20.8 Å². The number of carbonyl (C=O) groups is 1. The van der Waals surface area contributed by atoms with Crippen molar-refractivity contribution in [3.63, 3.8) is 0 Å². The number of hydrogen-bond donors (Lipinski definition) is 2. The van der Waals surface area contributed by atoms with Crippen LogP contribution in [-0.4, -0.2) is 21.2 Å². The zero-order chi connectivity index (χ0) is 14.0. The van der Waals surface area contributed by atoms with Crippen molar-refractivity contribution in [1.82, 2.24) is 10.1 Å². The van der Waals surface area contributed by atoms with Crippen LogP contribution in [0, 0.1) is 5.41 Å². The Kier molecular flexibility index (Phi) is 3.25. The zero-order valence-electron chi connectivity index (χ0n) is 11.0. The fourth-order valence-electron chi connectivity index (χ4n) is 1.28. The van der Waals surface area contributed by atoms with Gasteiger partial charge < -0.3 is 9.63 Å². The van der Waals surface area contributed by atoms with E-state index in [1.807, 2.05) is 0 Å². The number of anilines is 1. The molecule has 2 aromatic rings. The Bertz CT molecular complexity index is 582. The van der Waals surface area contributed by atoms with E-state index in [2.05, 4.69) is 15.5 Å². The summed E-state index contributed by atoms with van der Waals surface area (Å²) in [6.45, 7) is 5.38. The summed E-state index contributed by atoms with van der Waals surface area (Å²) >= 11 is 0. The van der Waals surface area contributed by atoms with Crippen molar-refractivity contribution in [2.75, 3.05) is 5.32 Å². The molecule has 0 radical (unpaired) electrons. The van der Waals surface area contributed by atoms with Gasteiger partial charge in [0.2, 0.25) is 5.91 Å². The normalized spacial score (nSPS) is 11.3. The van der Waals surface area contributed by atoms with E-state index in [4.69, 9.17) is 4.52 Å². The molecule has 1 amide bonds. The van der Waals surface area contributed by atoms with Gasteiger partial charge in [-0.25, -0.2) is 0 Å². The highest BCUT2D eigenvalue weighted by Crippen LogP contribution is 2.22. The van der Waals surface area contributed by atoms with Crippen LogP contribution in [0.3, 0.4) is 0 Å². The minimum atomic E-state index is -0.528. The van der Waals surface area contributed by atoms with Crippen LogP contribution in [0.2, 0.25) is 0 Å². The van der Waals surface area contributed by atoms with Gasteiger partial charge in [0.1, 0.15) is 5.75 Å². The van der Waals surface area contributed by atoms with Crippen molar-refractivity contribution in [3.05, 3.63) is 24.3 Å². The van der Waals surface area contributed by atoms with Crippen LogP contribution < -0.4 is 5.32 Å². The van der Waals surface area contributed by atoms with Crippen molar-refractivity contribution in [1.29, 1.82) is 0 Å². The number of phenolic OH excluding ortho intramolecular Hbond substituents is 1. The number of benzene rings is 1. The van der Waals surface area contributed by atoms with E-state index in [1.54, 1.807) is 32.9 Å². The number of rotatable bonds is 2. The van der Waals surface area contributed by atoms with Gasteiger partial charge in [-0.1, -0.05) is 20.8 Å². The van der Waals surface area contributed by atoms with E-state index in [-0.39, 0.29) is 23.5 Å². The maximum Gasteiger partial charge on any atom is 0.270 e. The number of hydrogen-bond acceptors (Lipinski definition) is 5. The molecular weight excluding hydrogens is 246 g/mol. The number of carbonyl (C=O) groups excluding carboxylic acids is 1. The predicted molar refractivity (Wildman–Crippen MR) is 69.5 cm³/mol. The fourth-order valence-corrected chi connectivity index (χ4v) is 1.28. The summed E-state index contributed by atoms with van der Waals surface area (Å²) in [5.74, 6) is 0.377. The molecule has 6 nitrogen and oxygen atoms in total. The van der Waals surface area contributed by atoms with Crippen LogP contribution in [0.4, 0.5) is 5.95 Å². The lowest BCUT2D eigenvalue weighted by Crippen LogP contribution is -2.28. The average molecular weight is 261 g/mol. The SMILES string of the molecule is CC(C)(C)C(=O)Nc1noc(-c2ccc(O)cc2)n1. The summed E-state index contributed by atoms with van der Waals surface area (Å²) in [6, 6.07) is 6.34. The van der Waals surface area contributed by atoms with E-state index >= 15 is 0 Å². The van der Waals surface area contributed by atoms with E-state index in [1.165, 1.54) is 12.1 Å². The van der Waals surface area contributed by atoms with Crippen molar-refractivity contribution >= 4 is 11.9 Å². The summed E-state index contributed by atoms with van der Waals surface area (Å²) in [5, 5.41) is 15.5. The summed E-state index contributed by atoms with van der Waals surface area (Å²) in [4.78, 5) is 15.8. The fraction of sp³-hybridized carbons (Fsp3) is 0.308. The molecule has 19 heavy (non-hydrogen) atoms. The first-order valence-corrected chi connectivity index (χ1v) is 5.81. The second-order valence-electron chi connectivity index (χ2n) is 5.17. The minimum absolute atomic E-state index is 0.128. The monoisotopic (exact) mass is 261 g/mol. The third-order valence-electron chi connectivity index (χ3n) is 2.45. The molecule has 100 valence electrons. The molecule has 0 atom stereocenters. The van der Waals surface area contributed by atoms with Gasteiger partial charge in [-0.3, -0.25) is 10.1 Å². The average Bonchev–Trinajstić information content (AvgIpc) is 2.77. The van der Waals surface area contributed by atoms with Gasteiger partial charge in [-0.2, -0.15) is 4.98 Å². The number of phenols is 1. The van der Waals surface area contributed by atoms with Crippen LogP contribution in [0.5, 0.6) is 5.75 Å². The summed E-state index contributed by atoms with van der Waals surface area (Å²) < 4.78 is 5.05. The highest BCUT2D eigenvalue weighted by Gasteiger charge is 2.23. The van der Waals surface area contributed by atoms with Gasteiger partial charge in [-0.15, -0.1) is 0 Å². The lowest BCUT2D eigenvalue weighted by Gasteiger charge is -2.15. The van der Waals surface area contributed by atoms with Crippen molar-refractivity contribution < 1.29 is 14.4 Å². The van der Waals surface area contributed by atoms with E-state index in [0.29, 0.717) is 5.56 Å². The Morgan fingerprint density at radius 1 is 1.26 bits per heavy atom. The van der Waals surface area contributed by atoms with E-state index < -0.39 is 5.41 Å². The van der Waals surface area contributed by atoms with Gasteiger partial charge in [0.15, 0.2) is 0 Å². The molecule has 0 aliphatic heterocycles. The minimum Gasteiger partial charge on any atom is -0.508 e. The molecule has 1 heterocycles. The van der Waals surface area contributed by atoms with Crippen LogP contribution >= 0.6 is 0 Å². The summed E-state index contributed by atoms with van der Waals surface area (Å²) in [7, 11) is 0. The Morgan fingerprint density at radius 2 is 1.89 bits per heavy atom. The molecule has 0 bridgehead atoms.